The number of allylic oxidation sites excluding steroid dienone is 3. The van der Waals surface area contributed by atoms with E-state index < -0.39 is 0 Å². The second-order valence-corrected chi connectivity index (χ2v) is 17.9. The molecule has 1 aliphatic heterocycles. The number of carbonyl (C=O) groups is 3. The predicted octanol–water partition coefficient (Wildman–Crippen LogP) is 16.7. The number of unbranched alkanes of at least 4 members (excludes halogenated alkanes) is 9. The van der Waals surface area contributed by atoms with Crippen molar-refractivity contribution in [1.29, 1.82) is 0 Å². The van der Waals surface area contributed by atoms with Gasteiger partial charge in [-0.05, 0) is 96.3 Å². The number of hydrogen-bond donors (Lipinski definition) is 0. The van der Waals surface area contributed by atoms with Gasteiger partial charge in [0.15, 0.2) is 0 Å². The quantitative estimate of drug-likeness (QED) is 0.0707. The summed E-state index contributed by atoms with van der Waals surface area (Å²) in [6.07, 6.45) is 54.0. The molecule has 6 nitrogen and oxygen atoms in total. The molecule has 0 aromatic heterocycles. The van der Waals surface area contributed by atoms with Crippen LogP contribution in [-0.4, -0.2) is 36.2 Å². The van der Waals surface area contributed by atoms with Gasteiger partial charge in [-0.25, -0.2) is 0 Å². The van der Waals surface area contributed by atoms with Crippen molar-refractivity contribution < 1.29 is 28.6 Å². The first-order valence-electron chi connectivity index (χ1n) is 26.0. The standard InChI is InChI=1S/C54H96O6/c1-4-7-10-31-40-49-43-34-25-19-13-16-23-29-38-47-53(56)59-51(42-33-12-9-6-3)45-36-27-21-15-18-24-30-39-48-54(57)60-50(41-32-11-8-5-2)44-35-26-20-14-17-22-28-37-46-52(55)58-49/h25-27,34-36,49-51H,4-24,28-33,37-48H2,1-3H3/b34-25-,35-26+,36-27+. The largest absolute Gasteiger partial charge is 0.462 e. The van der Waals surface area contributed by atoms with Gasteiger partial charge in [-0.1, -0.05) is 173 Å². The number of ether oxygens (including phenoxy) is 3. The topological polar surface area (TPSA) is 78.9 Å². The first-order chi connectivity index (χ1) is 29.5. The van der Waals surface area contributed by atoms with Crippen LogP contribution in [0.1, 0.15) is 271 Å². The maximum absolute atomic E-state index is 12.8. The van der Waals surface area contributed by atoms with Gasteiger partial charge < -0.3 is 14.2 Å². The van der Waals surface area contributed by atoms with E-state index in [1.165, 1.54) is 77.0 Å². The molecular weight excluding hydrogens is 745 g/mol. The number of hydrogen-bond acceptors (Lipinski definition) is 6. The van der Waals surface area contributed by atoms with Crippen molar-refractivity contribution in [1.82, 2.24) is 0 Å². The van der Waals surface area contributed by atoms with Gasteiger partial charge in [-0.3, -0.25) is 14.4 Å². The Labute approximate surface area is 371 Å². The predicted molar refractivity (Wildman–Crippen MR) is 254 cm³/mol. The first-order valence-corrected chi connectivity index (χ1v) is 26.0. The highest BCUT2D eigenvalue weighted by molar-refractivity contribution is 5.70. The molecule has 0 amide bonds. The summed E-state index contributed by atoms with van der Waals surface area (Å²) >= 11 is 0. The molecule has 0 aromatic rings. The smallest absolute Gasteiger partial charge is 0.306 e. The Morgan fingerprint density at radius 1 is 0.350 bits per heavy atom. The maximum atomic E-state index is 12.8. The third-order valence-corrected chi connectivity index (χ3v) is 12.0. The third-order valence-electron chi connectivity index (χ3n) is 12.0. The lowest BCUT2D eigenvalue weighted by Crippen LogP contribution is -2.17. The molecule has 0 spiro atoms. The van der Waals surface area contributed by atoms with Crippen LogP contribution in [0.15, 0.2) is 36.5 Å². The van der Waals surface area contributed by atoms with E-state index in [9.17, 15) is 14.4 Å². The maximum Gasteiger partial charge on any atom is 0.306 e. The van der Waals surface area contributed by atoms with Crippen LogP contribution in [-0.2, 0) is 28.6 Å². The van der Waals surface area contributed by atoms with E-state index in [2.05, 4.69) is 57.2 Å². The Kier molecular flexibility index (Phi) is 40.1. The van der Waals surface area contributed by atoms with Crippen LogP contribution in [0.5, 0.6) is 0 Å². The molecule has 348 valence electrons. The highest BCUT2D eigenvalue weighted by Gasteiger charge is 2.16. The summed E-state index contributed by atoms with van der Waals surface area (Å²) in [5.41, 5.74) is 0. The van der Waals surface area contributed by atoms with E-state index in [0.29, 0.717) is 19.3 Å². The van der Waals surface area contributed by atoms with Crippen LogP contribution in [0, 0.1) is 0 Å². The molecule has 0 saturated carbocycles. The van der Waals surface area contributed by atoms with Crippen molar-refractivity contribution in [3.8, 4) is 0 Å². The monoisotopic (exact) mass is 841 g/mol. The average Bonchev–Trinajstić information content (AvgIpc) is 3.23. The molecule has 3 atom stereocenters. The summed E-state index contributed by atoms with van der Waals surface area (Å²) in [5.74, 6) is -0.112. The van der Waals surface area contributed by atoms with Crippen molar-refractivity contribution in [2.75, 3.05) is 0 Å². The molecule has 0 saturated heterocycles. The van der Waals surface area contributed by atoms with E-state index in [1.807, 2.05) is 0 Å². The van der Waals surface area contributed by atoms with E-state index in [-0.39, 0.29) is 36.2 Å². The van der Waals surface area contributed by atoms with Gasteiger partial charge >= 0.3 is 17.9 Å². The van der Waals surface area contributed by atoms with Crippen LogP contribution in [0.3, 0.4) is 0 Å². The van der Waals surface area contributed by atoms with Gasteiger partial charge in [0.1, 0.15) is 18.3 Å². The minimum absolute atomic E-state index is 0.0149. The minimum atomic E-state index is -0.0374. The molecule has 60 heavy (non-hydrogen) atoms. The van der Waals surface area contributed by atoms with Gasteiger partial charge in [0, 0.05) is 38.5 Å². The first kappa shape index (κ1) is 55.6. The Bertz CT molecular complexity index is 945. The highest BCUT2D eigenvalue weighted by atomic mass is 16.6. The van der Waals surface area contributed by atoms with Crippen molar-refractivity contribution >= 4 is 17.9 Å². The van der Waals surface area contributed by atoms with Crippen molar-refractivity contribution in [2.45, 2.75) is 289 Å². The van der Waals surface area contributed by atoms with E-state index >= 15 is 0 Å². The molecule has 0 aromatic carbocycles. The summed E-state index contributed by atoms with van der Waals surface area (Å²) in [7, 11) is 0. The number of carbonyl (C=O) groups excluding carboxylic acids is 3. The molecule has 3 unspecified atom stereocenters. The fourth-order valence-electron chi connectivity index (χ4n) is 8.09. The van der Waals surface area contributed by atoms with E-state index in [0.717, 1.165) is 154 Å². The van der Waals surface area contributed by atoms with Crippen molar-refractivity contribution in [3.05, 3.63) is 36.5 Å². The highest BCUT2D eigenvalue weighted by Crippen LogP contribution is 2.19. The summed E-state index contributed by atoms with van der Waals surface area (Å²) < 4.78 is 18.0. The van der Waals surface area contributed by atoms with Gasteiger partial charge in [0.2, 0.25) is 0 Å². The molecular formula is C54H96O6. The van der Waals surface area contributed by atoms with Gasteiger partial charge in [-0.15, -0.1) is 0 Å². The van der Waals surface area contributed by atoms with Gasteiger partial charge in [-0.2, -0.15) is 0 Å². The lowest BCUT2D eigenvalue weighted by atomic mass is 10.0. The number of cyclic esters (lactones) is 3. The van der Waals surface area contributed by atoms with Crippen LogP contribution in [0.4, 0.5) is 0 Å². The molecule has 1 rings (SSSR count). The molecule has 0 N–H and O–H groups in total. The zero-order valence-corrected chi connectivity index (χ0v) is 39.7. The average molecular weight is 841 g/mol. The molecule has 0 radical (unpaired) electrons. The Hall–Kier alpha value is -2.37. The Morgan fingerprint density at radius 3 is 0.900 bits per heavy atom. The van der Waals surface area contributed by atoms with Crippen LogP contribution < -0.4 is 0 Å². The lowest BCUT2D eigenvalue weighted by Gasteiger charge is -2.17. The fraction of sp³-hybridized carbons (Fsp3) is 0.833. The molecule has 0 aliphatic carbocycles. The zero-order chi connectivity index (χ0) is 43.4. The molecule has 0 bridgehead atoms. The number of esters is 3. The second kappa shape index (κ2) is 43.3. The molecule has 6 heteroatoms. The van der Waals surface area contributed by atoms with Crippen molar-refractivity contribution in [3.63, 3.8) is 0 Å². The van der Waals surface area contributed by atoms with Crippen molar-refractivity contribution in [2.24, 2.45) is 0 Å². The fourth-order valence-corrected chi connectivity index (χ4v) is 8.09. The summed E-state index contributed by atoms with van der Waals surface area (Å²) in [6, 6.07) is 0. The lowest BCUT2D eigenvalue weighted by molar-refractivity contribution is -0.150. The van der Waals surface area contributed by atoms with Crippen LogP contribution in [0.2, 0.25) is 0 Å². The van der Waals surface area contributed by atoms with Crippen LogP contribution >= 0.6 is 0 Å². The van der Waals surface area contributed by atoms with Gasteiger partial charge in [0.05, 0.1) is 0 Å². The van der Waals surface area contributed by atoms with E-state index in [1.54, 1.807) is 0 Å². The summed E-state index contributed by atoms with van der Waals surface area (Å²) in [4.78, 5) is 38.4. The van der Waals surface area contributed by atoms with Gasteiger partial charge in [0.25, 0.3) is 0 Å². The summed E-state index contributed by atoms with van der Waals surface area (Å²) in [6.45, 7) is 6.69. The number of rotatable bonds is 15. The minimum Gasteiger partial charge on any atom is -0.462 e. The zero-order valence-electron chi connectivity index (χ0n) is 39.7. The van der Waals surface area contributed by atoms with E-state index in [4.69, 9.17) is 14.2 Å². The summed E-state index contributed by atoms with van der Waals surface area (Å²) in [5, 5.41) is 0. The SMILES string of the molecule is CCCCCCC1C/C=C\CCCCCCCC(=O)OC(CCCCCC)C/C=C/CCCCCCCC(=O)OC(CCCCCC)C/C=C/CCCCCCCC(=O)O1. The second-order valence-electron chi connectivity index (χ2n) is 17.9. The van der Waals surface area contributed by atoms with Crippen LogP contribution in [0.25, 0.3) is 0 Å². The Balaban J connectivity index is 2.73. The molecule has 1 heterocycles. The third kappa shape index (κ3) is 37.4. The Morgan fingerprint density at radius 2 is 0.617 bits per heavy atom. The molecule has 1 aliphatic rings. The normalized spacial score (nSPS) is 24.1. The molecule has 0 fully saturated rings.